The number of fused-ring (bicyclic) bond motifs is 1. The Morgan fingerprint density at radius 2 is 1.80 bits per heavy atom. The highest BCUT2D eigenvalue weighted by molar-refractivity contribution is 5.43. The highest BCUT2D eigenvalue weighted by Crippen LogP contribution is 2.46. The van der Waals surface area contributed by atoms with E-state index in [-0.39, 0.29) is 12.0 Å². The van der Waals surface area contributed by atoms with Crippen LogP contribution in [0.4, 0.5) is 22.0 Å². The molecule has 5 heteroatoms. The van der Waals surface area contributed by atoms with Crippen molar-refractivity contribution < 1.29 is 22.0 Å². The van der Waals surface area contributed by atoms with Crippen molar-refractivity contribution in [1.82, 2.24) is 0 Å². The van der Waals surface area contributed by atoms with Gasteiger partial charge < -0.3 is 0 Å². The molecule has 0 amide bonds. The van der Waals surface area contributed by atoms with E-state index in [0.717, 1.165) is 18.2 Å². The van der Waals surface area contributed by atoms with E-state index in [2.05, 4.69) is 0 Å². The van der Waals surface area contributed by atoms with Gasteiger partial charge in [0.2, 0.25) is 0 Å². The Morgan fingerprint density at radius 1 is 1.13 bits per heavy atom. The fraction of sp³-hybridized carbons (Fsp3) is 0.400. The zero-order valence-electron chi connectivity index (χ0n) is 7.54. The molecule has 15 heavy (non-hydrogen) atoms. The lowest BCUT2D eigenvalue weighted by molar-refractivity contribution is -0.138. The van der Waals surface area contributed by atoms with Crippen LogP contribution in [0.25, 0.3) is 0 Å². The Labute approximate surface area is 82.7 Å². The summed E-state index contributed by atoms with van der Waals surface area (Å²) >= 11 is 0. The van der Waals surface area contributed by atoms with Crippen molar-refractivity contribution in [3.63, 3.8) is 0 Å². The Balaban J connectivity index is 2.60. The molecule has 0 heterocycles. The minimum absolute atomic E-state index is 0.210. The first-order valence-corrected chi connectivity index (χ1v) is 4.40. The Morgan fingerprint density at radius 3 is 2.40 bits per heavy atom. The van der Waals surface area contributed by atoms with E-state index in [1.54, 1.807) is 0 Å². The zero-order chi connectivity index (χ0) is 11.3. The van der Waals surface area contributed by atoms with Crippen molar-refractivity contribution in [1.29, 1.82) is 0 Å². The monoisotopic (exact) mass is 222 g/mol. The van der Waals surface area contributed by atoms with Crippen LogP contribution in [0.5, 0.6) is 0 Å². The van der Waals surface area contributed by atoms with Crippen LogP contribution in [0.15, 0.2) is 18.2 Å². The smallest absolute Gasteiger partial charge is 0.201 e. The lowest BCUT2D eigenvalue weighted by Crippen LogP contribution is -2.11. The van der Waals surface area contributed by atoms with Crippen molar-refractivity contribution in [3.8, 4) is 0 Å². The van der Waals surface area contributed by atoms with Gasteiger partial charge in [0.1, 0.15) is 0 Å². The van der Waals surface area contributed by atoms with E-state index >= 15 is 0 Å². The molecule has 0 atom stereocenters. The molecule has 0 aromatic heterocycles. The van der Waals surface area contributed by atoms with E-state index < -0.39 is 29.6 Å². The third-order valence-electron chi connectivity index (χ3n) is 2.56. The van der Waals surface area contributed by atoms with E-state index in [1.165, 1.54) is 0 Å². The summed E-state index contributed by atoms with van der Waals surface area (Å²) < 4.78 is 63.6. The van der Waals surface area contributed by atoms with Gasteiger partial charge in [0, 0.05) is 12.0 Å². The third-order valence-corrected chi connectivity index (χ3v) is 2.56. The second kappa shape index (κ2) is 2.93. The maximum atomic E-state index is 13.1. The maximum absolute atomic E-state index is 13.1. The van der Waals surface area contributed by atoms with Crippen LogP contribution in [0, 0.1) is 0 Å². The molecule has 2 rings (SSSR count). The van der Waals surface area contributed by atoms with Gasteiger partial charge in [0.25, 0.3) is 5.92 Å². The lowest BCUT2D eigenvalue weighted by Gasteiger charge is -2.13. The summed E-state index contributed by atoms with van der Waals surface area (Å²) in [6.07, 6.45) is -5.29. The van der Waals surface area contributed by atoms with Gasteiger partial charge in [0.15, 0.2) is 0 Å². The summed E-state index contributed by atoms with van der Waals surface area (Å²) in [7, 11) is 0. The summed E-state index contributed by atoms with van der Waals surface area (Å²) in [5.74, 6) is -3.11. The van der Waals surface area contributed by atoms with Crippen molar-refractivity contribution in [2.24, 2.45) is 0 Å². The van der Waals surface area contributed by atoms with Crippen LogP contribution in [-0.2, 0) is 18.5 Å². The minimum atomic E-state index is -4.55. The topological polar surface area (TPSA) is 0 Å². The highest BCUT2D eigenvalue weighted by Gasteiger charge is 2.44. The number of hydrogen-bond donors (Lipinski definition) is 0. The van der Waals surface area contributed by atoms with Crippen molar-refractivity contribution >= 4 is 0 Å². The number of benzene rings is 1. The Bertz CT molecular complexity index is 391. The van der Waals surface area contributed by atoms with Crippen LogP contribution < -0.4 is 0 Å². The molecule has 0 unspecified atom stereocenters. The minimum Gasteiger partial charge on any atom is -0.201 e. The number of alkyl halides is 5. The zero-order valence-corrected chi connectivity index (χ0v) is 7.54. The number of rotatable bonds is 0. The lowest BCUT2D eigenvalue weighted by atomic mass is 10.0. The molecule has 0 saturated heterocycles. The van der Waals surface area contributed by atoms with Crippen molar-refractivity contribution in [2.45, 2.75) is 24.9 Å². The first-order chi connectivity index (χ1) is 6.82. The van der Waals surface area contributed by atoms with Gasteiger partial charge in [-0.15, -0.1) is 0 Å². The predicted octanol–water partition coefficient (Wildman–Crippen LogP) is 3.74. The van der Waals surface area contributed by atoms with Crippen LogP contribution in [0.3, 0.4) is 0 Å². The van der Waals surface area contributed by atoms with E-state index in [4.69, 9.17) is 0 Å². The molecule has 1 aromatic carbocycles. The molecule has 0 aliphatic heterocycles. The average Bonchev–Trinajstić information content (AvgIpc) is 2.41. The van der Waals surface area contributed by atoms with Crippen LogP contribution in [0.1, 0.15) is 23.1 Å². The van der Waals surface area contributed by atoms with E-state index in [9.17, 15) is 22.0 Å². The quantitative estimate of drug-likeness (QED) is 0.586. The van der Waals surface area contributed by atoms with Gasteiger partial charge in [-0.1, -0.05) is 12.1 Å². The summed E-state index contributed by atoms with van der Waals surface area (Å²) in [6, 6.07) is 2.94. The highest BCUT2D eigenvalue weighted by atomic mass is 19.4. The molecule has 82 valence electrons. The molecule has 0 nitrogen and oxygen atoms in total. The summed E-state index contributed by atoms with van der Waals surface area (Å²) in [4.78, 5) is 0. The van der Waals surface area contributed by atoms with Gasteiger partial charge in [0.05, 0.1) is 5.56 Å². The number of hydrogen-bond acceptors (Lipinski definition) is 0. The van der Waals surface area contributed by atoms with Gasteiger partial charge in [-0.05, 0) is 18.1 Å². The van der Waals surface area contributed by atoms with Crippen LogP contribution >= 0.6 is 0 Å². The molecular weight excluding hydrogens is 215 g/mol. The second-order valence-corrected chi connectivity index (χ2v) is 3.53. The molecule has 0 N–H and O–H groups in total. The second-order valence-electron chi connectivity index (χ2n) is 3.53. The maximum Gasteiger partial charge on any atom is 0.416 e. The SMILES string of the molecule is FC(F)(F)c1cccc2c1CCC2(F)F. The molecule has 0 bridgehead atoms. The predicted molar refractivity (Wildman–Crippen MR) is 43.7 cm³/mol. The van der Waals surface area contributed by atoms with Gasteiger partial charge in [-0.25, -0.2) is 8.78 Å². The number of halogens is 5. The summed E-state index contributed by atoms with van der Waals surface area (Å²) in [5, 5.41) is 0. The first kappa shape index (κ1) is 10.4. The summed E-state index contributed by atoms with van der Waals surface area (Å²) in [6.45, 7) is 0. The molecule has 1 aliphatic carbocycles. The van der Waals surface area contributed by atoms with Gasteiger partial charge >= 0.3 is 6.18 Å². The third kappa shape index (κ3) is 1.60. The molecule has 0 spiro atoms. The molecular formula is C10H7F5. The largest absolute Gasteiger partial charge is 0.416 e. The van der Waals surface area contributed by atoms with E-state index in [1.807, 2.05) is 0 Å². The van der Waals surface area contributed by atoms with E-state index in [0.29, 0.717) is 0 Å². The fourth-order valence-electron chi connectivity index (χ4n) is 1.88. The molecule has 1 aromatic rings. The van der Waals surface area contributed by atoms with Crippen molar-refractivity contribution in [3.05, 3.63) is 34.9 Å². The Hall–Kier alpha value is -1.13. The summed E-state index contributed by atoms with van der Waals surface area (Å²) in [5.41, 5.74) is -1.66. The molecule has 0 radical (unpaired) electrons. The molecule has 1 aliphatic rings. The van der Waals surface area contributed by atoms with Crippen LogP contribution in [-0.4, -0.2) is 0 Å². The Kier molecular flexibility index (Phi) is 2.03. The van der Waals surface area contributed by atoms with Crippen molar-refractivity contribution in [2.75, 3.05) is 0 Å². The van der Waals surface area contributed by atoms with Crippen LogP contribution in [0.2, 0.25) is 0 Å². The fourth-order valence-corrected chi connectivity index (χ4v) is 1.88. The van der Waals surface area contributed by atoms with Gasteiger partial charge in [-0.2, -0.15) is 13.2 Å². The molecule has 0 saturated carbocycles. The standard InChI is InChI=1S/C10H7F5/c11-9(12)5-4-6-7(9)2-1-3-8(6)10(13,14)15/h1-3H,4-5H2. The normalized spacial score (nSPS) is 19.0. The first-order valence-electron chi connectivity index (χ1n) is 4.40. The molecule has 0 fully saturated rings. The van der Waals surface area contributed by atoms with Gasteiger partial charge in [-0.3, -0.25) is 0 Å². The average molecular weight is 222 g/mol.